The molecule has 0 radical (unpaired) electrons. The first kappa shape index (κ1) is 17.9. The van der Waals surface area contributed by atoms with Gasteiger partial charge in [-0.3, -0.25) is 10.1 Å². The van der Waals surface area contributed by atoms with Gasteiger partial charge >= 0.3 is 0 Å². The minimum Gasteiger partial charge on any atom is -0.496 e. The third-order valence-electron chi connectivity index (χ3n) is 4.13. The molecular weight excluding hydrogens is 374 g/mol. The Balaban J connectivity index is 1.50. The maximum Gasteiger partial charge on any atom is 0.279 e. The topological polar surface area (TPSA) is 81.9 Å². The number of nitrogens with zero attached hydrogens (tertiary/aromatic N) is 4. The molecule has 8 heteroatoms. The van der Waals surface area contributed by atoms with E-state index in [1.807, 2.05) is 60.8 Å². The fourth-order valence-corrected chi connectivity index (χ4v) is 3.37. The van der Waals surface area contributed by atoms with Crippen LogP contribution in [0.5, 0.6) is 5.75 Å². The second kappa shape index (κ2) is 7.61. The van der Waals surface area contributed by atoms with Crippen molar-refractivity contribution in [1.82, 2.24) is 20.0 Å². The number of carbonyl (C=O) groups is 1. The van der Waals surface area contributed by atoms with Crippen LogP contribution in [-0.4, -0.2) is 33.0 Å². The number of nitrogens with one attached hydrogen (secondary N) is 1. The summed E-state index contributed by atoms with van der Waals surface area (Å²) in [7, 11) is 1.62. The smallest absolute Gasteiger partial charge is 0.279 e. The van der Waals surface area contributed by atoms with Gasteiger partial charge in [0.2, 0.25) is 0 Å². The number of aromatic nitrogens is 4. The zero-order valence-electron chi connectivity index (χ0n) is 15.3. The van der Waals surface area contributed by atoms with E-state index >= 15 is 0 Å². The molecule has 0 bridgehead atoms. The molecule has 0 atom stereocenters. The monoisotopic (exact) mass is 391 g/mol. The molecule has 140 valence electrons. The standard InChI is InChI=1S/C20H17N5O2S/c1-13-7-9-14(10-8-13)25-11-16(23-24-25)19(26)22-20-21-17(12-28-20)15-5-3-4-6-18(15)27-2/h3-12H,1-2H3,(H,21,22,26). The number of thiazole rings is 1. The van der Waals surface area contributed by atoms with Crippen LogP contribution in [0.2, 0.25) is 0 Å². The number of para-hydroxylation sites is 1. The number of anilines is 1. The van der Waals surface area contributed by atoms with Crippen LogP contribution in [0.4, 0.5) is 5.13 Å². The average molecular weight is 391 g/mol. The molecular formula is C20H17N5O2S. The van der Waals surface area contributed by atoms with Crippen molar-refractivity contribution < 1.29 is 9.53 Å². The fourth-order valence-electron chi connectivity index (χ4n) is 2.66. The number of amides is 1. The Kier molecular flexibility index (Phi) is 4.86. The molecule has 1 N–H and O–H groups in total. The van der Waals surface area contributed by atoms with Crippen LogP contribution in [0.1, 0.15) is 16.1 Å². The number of hydrogen-bond donors (Lipinski definition) is 1. The van der Waals surface area contributed by atoms with E-state index < -0.39 is 0 Å². The Morgan fingerprint density at radius 2 is 1.93 bits per heavy atom. The summed E-state index contributed by atoms with van der Waals surface area (Å²) in [6.45, 7) is 2.01. The third kappa shape index (κ3) is 3.63. The molecule has 4 rings (SSSR count). The van der Waals surface area contributed by atoms with Crippen molar-refractivity contribution in [3.63, 3.8) is 0 Å². The zero-order valence-corrected chi connectivity index (χ0v) is 16.1. The van der Waals surface area contributed by atoms with Crippen molar-refractivity contribution in [2.24, 2.45) is 0 Å². The fraction of sp³-hybridized carbons (Fsp3) is 0.100. The molecule has 0 saturated heterocycles. The van der Waals surface area contributed by atoms with E-state index in [2.05, 4.69) is 20.6 Å². The summed E-state index contributed by atoms with van der Waals surface area (Å²) in [5.74, 6) is 0.367. The highest BCUT2D eigenvalue weighted by atomic mass is 32.1. The van der Waals surface area contributed by atoms with Gasteiger partial charge < -0.3 is 4.74 Å². The molecule has 0 aliphatic heterocycles. The Bertz CT molecular complexity index is 1120. The van der Waals surface area contributed by atoms with E-state index in [1.165, 1.54) is 11.3 Å². The molecule has 2 heterocycles. The quantitative estimate of drug-likeness (QED) is 0.557. The number of rotatable bonds is 5. The van der Waals surface area contributed by atoms with Crippen molar-refractivity contribution in [3.05, 3.63) is 71.4 Å². The lowest BCUT2D eigenvalue weighted by Crippen LogP contribution is -2.12. The summed E-state index contributed by atoms with van der Waals surface area (Å²) in [4.78, 5) is 17.0. The highest BCUT2D eigenvalue weighted by Crippen LogP contribution is 2.31. The van der Waals surface area contributed by atoms with E-state index in [1.54, 1.807) is 18.0 Å². The summed E-state index contributed by atoms with van der Waals surface area (Å²) < 4.78 is 6.93. The van der Waals surface area contributed by atoms with Gasteiger partial charge in [-0.2, -0.15) is 0 Å². The zero-order chi connectivity index (χ0) is 19.5. The SMILES string of the molecule is COc1ccccc1-c1csc(NC(=O)c2cn(-c3ccc(C)cc3)nn2)n1. The van der Waals surface area contributed by atoms with Gasteiger partial charge in [0, 0.05) is 10.9 Å². The predicted octanol–water partition coefficient (Wildman–Crippen LogP) is 3.96. The molecule has 1 amide bonds. The molecule has 0 spiro atoms. The summed E-state index contributed by atoms with van der Waals surface area (Å²) in [6, 6.07) is 15.4. The maximum atomic E-state index is 12.5. The van der Waals surface area contributed by atoms with Crippen molar-refractivity contribution in [2.75, 3.05) is 12.4 Å². The van der Waals surface area contributed by atoms with Crippen LogP contribution in [-0.2, 0) is 0 Å². The largest absolute Gasteiger partial charge is 0.496 e. The maximum absolute atomic E-state index is 12.5. The van der Waals surface area contributed by atoms with Gasteiger partial charge in [-0.1, -0.05) is 35.0 Å². The normalized spacial score (nSPS) is 10.6. The number of aryl methyl sites for hydroxylation is 1. The number of carbonyl (C=O) groups excluding carboxylic acids is 1. The first-order valence-electron chi connectivity index (χ1n) is 8.54. The third-order valence-corrected chi connectivity index (χ3v) is 4.89. The average Bonchev–Trinajstić information content (AvgIpc) is 3.38. The molecule has 0 unspecified atom stereocenters. The molecule has 0 saturated carbocycles. The first-order chi connectivity index (χ1) is 13.6. The van der Waals surface area contributed by atoms with Crippen LogP contribution in [0.25, 0.3) is 16.9 Å². The molecule has 0 aliphatic carbocycles. The van der Waals surface area contributed by atoms with Crippen LogP contribution >= 0.6 is 11.3 Å². The van der Waals surface area contributed by atoms with Crippen LogP contribution < -0.4 is 10.1 Å². The van der Waals surface area contributed by atoms with Gasteiger partial charge in [0.05, 0.1) is 24.7 Å². The predicted molar refractivity (Wildman–Crippen MR) is 108 cm³/mol. The minimum absolute atomic E-state index is 0.217. The van der Waals surface area contributed by atoms with Crippen LogP contribution in [0.3, 0.4) is 0 Å². The van der Waals surface area contributed by atoms with E-state index in [-0.39, 0.29) is 11.6 Å². The van der Waals surface area contributed by atoms with Gasteiger partial charge in [-0.25, -0.2) is 9.67 Å². The summed E-state index contributed by atoms with van der Waals surface area (Å²) in [5.41, 5.74) is 3.81. The van der Waals surface area contributed by atoms with Gasteiger partial charge in [0.15, 0.2) is 10.8 Å². The first-order valence-corrected chi connectivity index (χ1v) is 9.41. The Hall–Kier alpha value is -3.52. The number of methoxy groups -OCH3 is 1. The lowest BCUT2D eigenvalue weighted by Gasteiger charge is -2.04. The van der Waals surface area contributed by atoms with Crippen molar-refractivity contribution in [1.29, 1.82) is 0 Å². The second-order valence-corrected chi connectivity index (χ2v) is 6.93. The van der Waals surface area contributed by atoms with Crippen molar-refractivity contribution in [3.8, 4) is 22.7 Å². The van der Waals surface area contributed by atoms with Gasteiger partial charge in [0.1, 0.15) is 5.75 Å². The Morgan fingerprint density at radius 3 is 2.71 bits per heavy atom. The summed E-state index contributed by atoms with van der Waals surface area (Å²) in [5, 5.41) is 13.1. The second-order valence-electron chi connectivity index (χ2n) is 6.08. The highest BCUT2D eigenvalue weighted by molar-refractivity contribution is 7.14. The Labute approximate surface area is 165 Å². The molecule has 2 aromatic carbocycles. The van der Waals surface area contributed by atoms with Crippen molar-refractivity contribution in [2.45, 2.75) is 6.92 Å². The summed E-state index contributed by atoms with van der Waals surface area (Å²) >= 11 is 1.34. The van der Waals surface area contributed by atoms with Crippen molar-refractivity contribution >= 4 is 22.4 Å². The molecule has 2 aromatic heterocycles. The number of ether oxygens (including phenoxy) is 1. The highest BCUT2D eigenvalue weighted by Gasteiger charge is 2.15. The minimum atomic E-state index is -0.362. The van der Waals surface area contributed by atoms with Gasteiger partial charge in [-0.05, 0) is 31.2 Å². The van der Waals surface area contributed by atoms with Gasteiger partial charge in [0.25, 0.3) is 5.91 Å². The van der Waals surface area contributed by atoms with Gasteiger partial charge in [-0.15, -0.1) is 16.4 Å². The lowest BCUT2D eigenvalue weighted by atomic mass is 10.1. The molecule has 7 nitrogen and oxygen atoms in total. The van der Waals surface area contributed by atoms with E-state index in [9.17, 15) is 4.79 Å². The van der Waals surface area contributed by atoms with Crippen LogP contribution in [0.15, 0.2) is 60.1 Å². The van der Waals surface area contributed by atoms with Crippen LogP contribution in [0, 0.1) is 6.92 Å². The molecule has 4 aromatic rings. The molecule has 0 aliphatic rings. The molecule has 28 heavy (non-hydrogen) atoms. The lowest BCUT2D eigenvalue weighted by molar-refractivity contribution is 0.102. The Morgan fingerprint density at radius 1 is 1.14 bits per heavy atom. The van der Waals surface area contributed by atoms with E-state index in [4.69, 9.17) is 4.74 Å². The number of benzene rings is 2. The van der Waals surface area contributed by atoms with E-state index in [0.717, 1.165) is 28.3 Å². The van der Waals surface area contributed by atoms with E-state index in [0.29, 0.717) is 5.13 Å². The summed E-state index contributed by atoms with van der Waals surface area (Å²) in [6.07, 6.45) is 1.59. The number of hydrogen-bond acceptors (Lipinski definition) is 6. The molecule has 0 fully saturated rings.